The van der Waals surface area contributed by atoms with Crippen molar-refractivity contribution < 1.29 is 14.7 Å². The topological polar surface area (TPSA) is 60.9 Å². The zero-order valence-corrected chi connectivity index (χ0v) is 12.9. The van der Waals surface area contributed by atoms with Crippen LogP contribution in [0, 0.1) is 0 Å². The molecule has 0 fully saturated rings. The van der Waals surface area contributed by atoms with Crippen LogP contribution in [0.15, 0.2) is 0 Å². The normalized spacial score (nSPS) is 13.0. The maximum Gasteiger partial charge on any atom is 0.329 e. The molecule has 5 nitrogen and oxygen atoms in total. The molecule has 0 heterocycles. The summed E-state index contributed by atoms with van der Waals surface area (Å²) in [4.78, 5) is 26.5. The van der Waals surface area contributed by atoms with Crippen LogP contribution in [0.5, 0.6) is 0 Å². The fourth-order valence-corrected chi connectivity index (χ4v) is 2.32. The number of hydrogen-bond donors (Lipinski definition) is 1. The molecular formula is C12H24N2O3S. The summed E-state index contributed by atoms with van der Waals surface area (Å²) in [5.74, 6) is -0.170. The highest BCUT2D eigenvalue weighted by molar-refractivity contribution is 7.98. The number of urea groups is 1. The quantitative estimate of drug-likeness (QED) is 0.806. The highest BCUT2D eigenvalue weighted by Crippen LogP contribution is 2.18. The number of amides is 2. The molecule has 2 amide bonds. The lowest BCUT2D eigenvalue weighted by Gasteiger charge is -2.38. The number of aliphatic carboxylic acids is 1. The van der Waals surface area contributed by atoms with Crippen LogP contribution in [0.2, 0.25) is 0 Å². The molecule has 0 aromatic heterocycles. The molecular weight excluding hydrogens is 252 g/mol. The second-order valence-electron chi connectivity index (χ2n) is 4.81. The minimum absolute atomic E-state index is 0.0751. The monoisotopic (exact) mass is 276 g/mol. The Balaban J connectivity index is 4.97. The Morgan fingerprint density at radius 2 is 1.89 bits per heavy atom. The van der Waals surface area contributed by atoms with Gasteiger partial charge in [0.2, 0.25) is 0 Å². The number of carbonyl (C=O) groups excluding carboxylic acids is 1. The zero-order valence-electron chi connectivity index (χ0n) is 12.1. The maximum absolute atomic E-state index is 12.3. The van der Waals surface area contributed by atoms with Crippen molar-refractivity contribution in [3.63, 3.8) is 0 Å². The van der Waals surface area contributed by atoms with Gasteiger partial charge in [0.15, 0.2) is 0 Å². The van der Waals surface area contributed by atoms with Gasteiger partial charge in [0, 0.05) is 25.4 Å². The largest absolute Gasteiger partial charge is 0.480 e. The molecule has 0 spiro atoms. The Morgan fingerprint density at radius 3 is 2.22 bits per heavy atom. The van der Waals surface area contributed by atoms with Gasteiger partial charge in [-0.15, -0.1) is 0 Å². The lowest BCUT2D eigenvalue weighted by molar-refractivity contribution is -0.147. The first kappa shape index (κ1) is 17.1. The Hall–Kier alpha value is -0.910. The van der Waals surface area contributed by atoms with Gasteiger partial charge in [-0.25, -0.2) is 9.59 Å². The fraction of sp³-hybridized carbons (Fsp3) is 0.833. The van der Waals surface area contributed by atoms with Gasteiger partial charge in [-0.2, -0.15) is 11.8 Å². The van der Waals surface area contributed by atoms with Crippen LogP contribution < -0.4 is 0 Å². The van der Waals surface area contributed by atoms with Gasteiger partial charge in [-0.3, -0.25) is 0 Å². The summed E-state index contributed by atoms with van der Waals surface area (Å²) in [6.45, 7) is 7.20. The first-order chi connectivity index (χ1) is 8.19. The van der Waals surface area contributed by atoms with Crippen molar-refractivity contribution in [3.05, 3.63) is 0 Å². The second kappa shape index (κ2) is 6.87. The second-order valence-corrected chi connectivity index (χ2v) is 5.72. The molecule has 0 radical (unpaired) electrons. The van der Waals surface area contributed by atoms with Crippen LogP contribution in [-0.4, -0.2) is 64.1 Å². The minimum atomic E-state index is -1.20. The molecule has 0 aliphatic rings. The van der Waals surface area contributed by atoms with Crippen molar-refractivity contribution in [2.24, 2.45) is 0 Å². The van der Waals surface area contributed by atoms with Crippen LogP contribution in [0.1, 0.15) is 27.7 Å². The predicted octanol–water partition coefficient (Wildman–Crippen LogP) is 1.97. The highest BCUT2D eigenvalue weighted by atomic mass is 32.2. The summed E-state index contributed by atoms with van der Waals surface area (Å²) < 4.78 is 0. The first-order valence-corrected chi connectivity index (χ1v) is 7.36. The van der Waals surface area contributed by atoms with Crippen molar-refractivity contribution in [3.8, 4) is 0 Å². The molecule has 106 valence electrons. The lowest BCUT2D eigenvalue weighted by atomic mass is 10.0. The number of carbonyl (C=O) groups is 2. The summed E-state index contributed by atoms with van der Waals surface area (Å²) >= 11 is 1.66. The zero-order chi connectivity index (χ0) is 14.5. The van der Waals surface area contributed by atoms with Crippen molar-refractivity contribution >= 4 is 23.8 Å². The Kier molecular flexibility index (Phi) is 6.52. The van der Waals surface area contributed by atoms with E-state index in [0.717, 1.165) is 5.75 Å². The molecule has 1 atom stereocenters. The molecule has 6 heteroatoms. The SMILES string of the molecule is CCN(C(=O)N(C)C(C)CSC)C(C)(C)C(=O)O. The first-order valence-electron chi connectivity index (χ1n) is 5.96. The van der Waals surface area contributed by atoms with Gasteiger partial charge in [0.1, 0.15) is 5.54 Å². The van der Waals surface area contributed by atoms with E-state index in [0.29, 0.717) is 6.54 Å². The average Bonchev–Trinajstić information content (AvgIpc) is 2.28. The lowest BCUT2D eigenvalue weighted by Crippen LogP contribution is -2.57. The molecule has 1 N–H and O–H groups in total. The smallest absolute Gasteiger partial charge is 0.329 e. The summed E-state index contributed by atoms with van der Waals surface area (Å²) in [6, 6.07) is -0.169. The Labute approximate surface area is 114 Å². The number of rotatable bonds is 6. The van der Waals surface area contributed by atoms with E-state index in [1.54, 1.807) is 44.5 Å². The molecule has 18 heavy (non-hydrogen) atoms. The van der Waals surface area contributed by atoms with Gasteiger partial charge in [-0.1, -0.05) is 0 Å². The number of carboxylic acid groups (broad SMARTS) is 1. The van der Waals surface area contributed by atoms with Crippen LogP contribution in [0.3, 0.4) is 0 Å². The molecule has 1 unspecified atom stereocenters. The average molecular weight is 276 g/mol. The standard InChI is InChI=1S/C12H24N2O3S/c1-7-14(12(3,4)10(15)16)11(17)13(5)9(2)8-18-6/h9H,7-8H2,1-6H3,(H,15,16). The van der Waals surface area contributed by atoms with Crippen molar-refractivity contribution in [2.45, 2.75) is 39.3 Å². The minimum Gasteiger partial charge on any atom is -0.480 e. The Bertz CT molecular complexity index is 308. The summed E-state index contributed by atoms with van der Waals surface area (Å²) in [5.41, 5.74) is -1.20. The van der Waals surface area contributed by atoms with Crippen molar-refractivity contribution in [1.29, 1.82) is 0 Å². The van der Waals surface area contributed by atoms with E-state index >= 15 is 0 Å². The third-order valence-electron chi connectivity index (χ3n) is 3.12. The molecule has 0 bridgehead atoms. The van der Waals surface area contributed by atoms with Crippen LogP contribution in [0.25, 0.3) is 0 Å². The van der Waals surface area contributed by atoms with Gasteiger partial charge in [0.25, 0.3) is 0 Å². The predicted molar refractivity (Wildman–Crippen MR) is 75.1 cm³/mol. The third-order valence-corrected chi connectivity index (χ3v) is 3.93. The van der Waals surface area contributed by atoms with Gasteiger partial charge in [0.05, 0.1) is 0 Å². The molecule has 0 aliphatic heterocycles. The molecule has 0 saturated heterocycles. The maximum atomic E-state index is 12.3. The number of likely N-dealkylation sites (N-methyl/N-ethyl adjacent to an activating group) is 1. The Morgan fingerprint density at radius 1 is 1.39 bits per heavy atom. The van der Waals surface area contributed by atoms with Crippen molar-refractivity contribution in [2.75, 3.05) is 25.6 Å². The highest BCUT2D eigenvalue weighted by Gasteiger charge is 2.38. The van der Waals surface area contributed by atoms with Crippen molar-refractivity contribution in [1.82, 2.24) is 9.80 Å². The van der Waals surface area contributed by atoms with Crippen LogP contribution in [0.4, 0.5) is 4.79 Å². The summed E-state index contributed by atoms with van der Waals surface area (Å²) in [6.07, 6.45) is 1.98. The molecule has 0 aromatic rings. The molecule has 0 aliphatic carbocycles. The summed E-state index contributed by atoms with van der Waals surface area (Å²) in [5, 5.41) is 9.20. The number of carboxylic acids is 1. The third kappa shape index (κ3) is 3.80. The van der Waals surface area contributed by atoms with Gasteiger partial charge < -0.3 is 14.9 Å². The van der Waals surface area contributed by atoms with E-state index in [4.69, 9.17) is 0 Å². The summed E-state index contributed by atoms with van der Waals surface area (Å²) in [7, 11) is 1.71. The number of nitrogens with zero attached hydrogens (tertiary/aromatic N) is 2. The van der Waals surface area contributed by atoms with E-state index in [1.807, 2.05) is 13.2 Å². The van der Waals surface area contributed by atoms with E-state index in [-0.39, 0.29) is 12.1 Å². The van der Waals surface area contributed by atoms with Crippen LogP contribution in [-0.2, 0) is 4.79 Å². The number of thioether (sulfide) groups is 1. The van der Waals surface area contributed by atoms with Gasteiger partial charge in [-0.05, 0) is 34.0 Å². The van der Waals surface area contributed by atoms with E-state index < -0.39 is 11.5 Å². The van der Waals surface area contributed by atoms with E-state index in [9.17, 15) is 14.7 Å². The van der Waals surface area contributed by atoms with Gasteiger partial charge >= 0.3 is 12.0 Å². The fourth-order valence-electron chi connectivity index (χ4n) is 1.62. The molecule has 0 saturated carbocycles. The number of hydrogen-bond acceptors (Lipinski definition) is 3. The molecule has 0 aromatic carbocycles. The molecule has 0 rings (SSSR count). The van der Waals surface area contributed by atoms with E-state index in [1.165, 1.54) is 4.90 Å². The van der Waals surface area contributed by atoms with E-state index in [2.05, 4.69) is 0 Å². The van der Waals surface area contributed by atoms with Crippen LogP contribution >= 0.6 is 11.8 Å².